The number of carbonyl (C=O) groups is 1. The average Bonchev–Trinajstić information content (AvgIpc) is 2.63. The van der Waals surface area contributed by atoms with E-state index in [1.54, 1.807) is 18.2 Å². The van der Waals surface area contributed by atoms with E-state index in [2.05, 4.69) is 0 Å². The van der Waals surface area contributed by atoms with Crippen molar-refractivity contribution in [1.29, 1.82) is 0 Å². The van der Waals surface area contributed by atoms with Crippen LogP contribution >= 0.6 is 0 Å². The Labute approximate surface area is 155 Å². The minimum Gasteiger partial charge on any atom is -0.493 e. The molecule has 1 aromatic rings. The standard InChI is InChI=1S/C19H21NO7/c1-3-26-14-9-19-7-6-10(21)8-12(19)16(20(23)24)17(22)11-4-5-13(25-2)18(27-14)15(11)19/h4-7,12,14,16-17,22H,3,8-9H2,1-2H3/t12-,14?,16-,17?,19+/m0/s1. The third kappa shape index (κ3) is 2.47. The lowest BCUT2D eigenvalue weighted by atomic mass is 9.55. The second-order valence-electron chi connectivity index (χ2n) is 7.14. The van der Waals surface area contributed by atoms with Crippen LogP contribution in [0.3, 0.4) is 0 Å². The predicted octanol–water partition coefficient (Wildman–Crippen LogP) is 1.92. The number of ether oxygens (including phenoxy) is 3. The Hall–Kier alpha value is -2.45. The lowest BCUT2D eigenvalue weighted by molar-refractivity contribution is -0.549. The normalized spacial score (nSPS) is 33.7. The van der Waals surface area contributed by atoms with Crippen molar-refractivity contribution < 1.29 is 29.0 Å². The minimum atomic E-state index is -1.33. The first kappa shape index (κ1) is 17.9. The number of hydrogen-bond donors (Lipinski definition) is 1. The quantitative estimate of drug-likeness (QED) is 0.632. The topological polar surface area (TPSA) is 108 Å². The molecule has 0 fully saturated rings. The maximum absolute atomic E-state index is 12.1. The zero-order valence-electron chi connectivity index (χ0n) is 15.1. The number of allylic oxidation sites excluding steroid dienone is 2. The van der Waals surface area contributed by atoms with Crippen molar-refractivity contribution in [1.82, 2.24) is 0 Å². The molecule has 1 aromatic carbocycles. The number of hydrogen-bond acceptors (Lipinski definition) is 7. The monoisotopic (exact) mass is 375 g/mol. The Morgan fingerprint density at radius 2 is 2.22 bits per heavy atom. The van der Waals surface area contributed by atoms with Crippen LogP contribution in [0, 0.1) is 16.0 Å². The average molecular weight is 375 g/mol. The van der Waals surface area contributed by atoms with Crippen LogP contribution in [0.1, 0.15) is 37.0 Å². The van der Waals surface area contributed by atoms with Crippen LogP contribution in [0.15, 0.2) is 24.3 Å². The van der Waals surface area contributed by atoms with E-state index >= 15 is 0 Å². The van der Waals surface area contributed by atoms with Gasteiger partial charge in [0.05, 0.1) is 13.0 Å². The number of aliphatic hydroxyl groups is 1. The van der Waals surface area contributed by atoms with Crippen molar-refractivity contribution >= 4 is 5.78 Å². The number of carbonyl (C=O) groups excluding carboxylic acids is 1. The van der Waals surface area contributed by atoms with E-state index in [4.69, 9.17) is 14.2 Å². The molecular formula is C19H21NO7. The largest absolute Gasteiger partial charge is 0.493 e. The van der Waals surface area contributed by atoms with Crippen molar-refractivity contribution in [3.8, 4) is 11.5 Å². The maximum Gasteiger partial charge on any atom is 0.247 e. The molecule has 1 aliphatic heterocycles. The van der Waals surface area contributed by atoms with E-state index < -0.39 is 34.7 Å². The van der Waals surface area contributed by atoms with Gasteiger partial charge in [0.25, 0.3) is 0 Å². The number of benzene rings is 1. The Balaban J connectivity index is 2.02. The Morgan fingerprint density at radius 3 is 2.89 bits per heavy atom. The van der Waals surface area contributed by atoms with Crippen LogP contribution in [0.5, 0.6) is 11.5 Å². The first-order chi connectivity index (χ1) is 12.9. The molecule has 8 nitrogen and oxygen atoms in total. The summed E-state index contributed by atoms with van der Waals surface area (Å²) in [5, 5.41) is 22.7. The van der Waals surface area contributed by atoms with Gasteiger partial charge in [0.15, 0.2) is 17.3 Å². The molecule has 2 unspecified atom stereocenters. The third-order valence-electron chi connectivity index (χ3n) is 5.89. The summed E-state index contributed by atoms with van der Waals surface area (Å²) in [6, 6.07) is 1.99. The first-order valence-electron chi connectivity index (χ1n) is 8.96. The Kier molecular flexibility index (Phi) is 4.20. The van der Waals surface area contributed by atoms with Gasteiger partial charge in [0, 0.05) is 35.4 Å². The molecule has 0 bridgehead atoms. The molecule has 0 radical (unpaired) electrons. The molecule has 0 amide bonds. The molecular weight excluding hydrogens is 354 g/mol. The van der Waals surface area contributed by atoms with Crippen LogP contribution < -0.4 is 9.47 Å². The first-order valence-corrected chi connectivity index (χ1v) is 8.96. The number of aliphatic hydroxyl groups excluding tert-OH is 1. The van der Waals surface area contributed by atoms with Gasteiger partial charge in [-0.2, -0.15) is 0 Å². The number of methoxy groups -OCH3 is 1. The van der Waals surface area contributed by atoms with Gasteiger partial charge in [-0.05, 0) is 24.6 Å². The maximum atomic E-state index is 12.1. The molecule has 4 rings (SSSR count). The molecule has 8 heteroatoms. The lowest BCUT2D eigenvalue weighted by Crippen LogP contribution is -2.56. The highest BCUT2D eigenvalue weighted by atomic mass is 16.7. The summed E-state index contributed by atoms with van der Waals surface area (Å²) in [5.74, 6) is 0.0140. The zero-order valence-corrected chi connectivity index (χ0v) is 15.1. The van der Waals surface area contributed by atoms with Crippen molar-refractivity contribution in [2.75, 3.05) is 13.7 Å². The smallest absolute Gasteiger partial charge is 0.247 e. The molecule has 0 aromatic heterocycles. The molecule has 3 aliphatic rings. The van der Waals surface area contributed by atoms with Crippen molar-refractivity contribution in [2.24, 2.45) is 5.92 Å². The number of rotatable bonds is 4. The number of nitro groups is 1. The third-order valence-corrected chi connectivity index (χ3v) is 5.89. The fourth-order valence-electron chi connectivity index (χ4n) is 4.82. The van der Waals surface area contributed by atoms with Crippen molar-refractivity contribution in [3.05, 3.63) is 45.5 Å². The molecule has 27 heavy (non-hydrogen) atoms. The highest BCUT2D eigenvalue weighted by Gasteiger charge is 2.61. The van der Waals surface area contributed by atoms with Gasteiger partial charge >= 0.3 is 0 Å². The molecule has 0 saturated heterocycles. The Bertz CT molecular complexity index is 836. The van der Waals surface area contributed by atoms with Crippen LogP contribution in [0.2, 0.25) is 0 Å². The van der Waals surface area contributed by atoms with E-state index in [9.17, 15) is 20.0 Å². The van der Waals surface area contributed by atoms with Gasteiger partial charge in [-0.25, -0.2) is 0 Å². The van der Waals surface area contributed by atoms with E-state index in [1.165, 1.54) is 13.2 Å². The van der Waals surface area contributed by atoms with Gasteiger partial charge < -0.3 is 19.3 Å². The van der Waals surface area contributed by atoms with Gasteiger partial charge in [0.1, 0.15) is 6.10 Å². The summed E-state index contributed by atoms with van der Waals surface area (Å²) >= 11 is 0. The van der Waals surface area contributed by atoms with Gasteiger partial charge in [0.2, 0.25) is 12.3 Å². The fourth-order valence-corrected chi connectivity index (χ4v) is 4.82. The number of ketones is 1. The van der Waals surface area contributed by atoms with E-state index in [-0.39, 0.29) is 12.2 Å². The molecule has 144 valence electrons. The molecule has 1 N–H and O–H groups in total. The van der Waals surface area contributed by atoms with Crippen LogP contribution in [-0.4, -0.2) is 41.9 Å². The number of nitrogens with zero attached hydrogens (tertiary/aromatic N) is 1. The summed E-state index contributed by atoms with van der Waals surface area (Å²) in [6.07, 6.45) is 1.58. The van der Waals surface area contributed by atoms with Crippen molar-refractivity contribution in [3.63, 3.8) is 0 Å². The van der Waals surface area contributed by atoms with Gasteiger partial charge in [-0.1, -0.05) is 12.1 Å². The minimum absolute atomic E-state index is 0.00581. The van der Waals surface area contributed by atoms with Gasteiger partial charge in [-0.3, -0.25) is 14.9 Å². The van der Waals surface area contributed by atoms with Crippen molar-refractivity contribution in [2.45, 2.75) is 43.6 Å². The van der Waals surface area contributed by atoms with E-state index in [1.807, 2.05) is 6.92 Å². The molecule has 2 aliphatic carbocycles. The highest BCUT2D eigenvalue weighted by Crippen LogP contribution is 2.60. The van der Waals surface area contributed by atoms with Crippen LogP contribution in [-0.2, 0) is 14.9 Å². The fraction of sp³-hybridized carbons (Fsp3) is 0.526. The van der Waals surface area contributed by atoms with E-state index in [0.29, 0.717) is 35.7 Å². The van der Waals surface area contributed by atoms with E-state index in [0.717, 1.165) is 0 Å². The Morgan fingerprint density at radius 1 is 1.44 bits per heavy atom. The molecule has 1 heterocycles. The van der Waals surface area contributed by atoms with Crippen LogP contribution in [0.25, 0.3) is 0 Å². The molecule has 0 saturated carbocycles. The highest BCUT2D eigenvalue weighted by molar-refractivity contribution is 5.92. The summed E-state index contributed by atoms with van der Waals surface area (Å²) in [7, 11) is 1.51. The summed E-state index contributed by atoms with van der Waals surface area (Å²) < 4.78 is 17.1. The second-order valence-corrected chi connectivity index (χ2v) is 7.14. The van der Waals surface area contributed by atoms with Crippen LogP contribution in [0.4, 0.5) is 0 Å². The molecule has 5 atom stereocenters. The summed E-state index contributed by atoms with van der Waals surface area (Å²) in [4.78, 5) is 23.5. The zero-order chi connectivity index (χ0) is 19.3. The second kappa shape index (κ2) is 6.31. The summed E-state index contributed by atoms with van der Waals surface area (Å²) in [6.45, 7) is 2.25. The van der Waals surface area contributed by atoms with Gasteiger partial charge in [-0.15, -0.1) is 0 Å². The lowest BCUT2D eigenvalue weighted by Gasteiger charge is -2.51. The SMILES string of the molecule is CCOC1C[C@]23C=CC(=O)C[C@H]2[C@H]([N+](=O)[O-])C(O)c2ccc(OC)c(c23)O1. The predicted molar refractivity (Wildman–Crippen MR) is 93.3 cm³/mol. The summed E-state index contributed by atoms with van der Waals surface area (Å²) in [5.41, 5.74) is 0.275. The molecule has 1 spiro atoms.